The van der Waals surface area contributed by atoms with Crippen LogP contribution in [0.15, 0.2) is 24.3 Å². The SMILES string of the molecule is CC(C)(C)OCC(C)(C)SCC(CSC(C)(C)CO)C(=O)c1ccc(C(=O)O)cc1. The fourth-order valence-electron chi connectivity index (χ4n) is 2.34. The highest BCUT2D eigenvalue weighted by molar-refractivity contribution is 8.01. The molecular formula is C23H36O5S2. The van der Waals surface area contributed by atoms with Crippen molar-refractivity contribution in [3.8, 4) is 0 Å². The van der Waals surface area contributed by atoms with Crippen molar-refractivity contribution in [2.24, 2.45) is 5.92 Å². The number of ether oxygens (including phenoxy) is 1. The fraction of sp³-hybridized carbons (Fsp3) is 0.652. The zero-order valence-corrected chi connectivity index (χ0v) is 20.8. The molecule has 0 aliphatic rings. The molecule has 0 aromatic heterocycles. The van der Waals surface area contributed by atoms with E-state index in [0.717, 1.165) is 0 Å². The van der Waals surface area contributed by atoms with Crippen molar-refractivity contribution in [2.75, 3.05) is 24.7 Å². The first-order valence-electron chi connectivity index (χ1n) is 10.1. The van der Waals surface area contributed by atoms with Crippen LogP contribution in [0.1, 0.15) is 69.2 Å². The number of benzene rings is 1. The molecule has 0 aliphatic carbocycles. The number of carboxylic acids is 1. The van der Waals surface area contributed by atoms with Gasteiger partial charge in [0.05, 0.1) is 24.4 Å². The number of carbonyl (C=O) groups is 2. The van der Waals surface area contributed by atoms with Crippen molar-refractivity contribution in [3.05, 3.63) is 35.4 Å². The number of carbonyl (C=O) groups excluding carboxylic acids is 1. The number of rotatable bonds is 12. The molecule has 0 fully saturated rings. The molecule has 1 atom stereocenters. The van der Waals surface area contributed by atoms with E-state index in [9.17, 15) is 14.7 Å². The Kier molecular flexibility index (Phi) is 9.93. The number of carboxylic acid groups (broad SMARTS) is 1. The normalized spacial score (nSPS) is 13.9. The van der Waals surface area contributed by atoms with Gasteiger partial charge in [0.2, 0.25) is 0 Å². The van der Waals surface area contributed by atoms with E-state index >= 15 is 0 Å². The van der Waals surface area contributed by atoms with E-state index in [-0.39, 0.29) is 39.0 Å². The van der Waals surface area contributed by atoms with Gasteiger partial charge >= 0.3 is 5.97 Å². The smallest absolute Gasteiger partial charge is 0.335 e. The summed E-state index contributed by atoms with van der Waals surface area (Å²) in [4.78, 5) is 24.3. The molecule has 7 heteroatoms. The molecule has 30 heavy (non-hydrogen) atoms. The van der Waals surface area contributed by atoms with Crippen LogP contribution in [0.4, 0.5) is 0 Å². The minimum atomic E-state index is -1.01. The maximum Gasteiger partial charge on any atom is 0.335 e. The van der Waals surface area contributed by atoms with Gasteiger partial charge in [0.1, 0.15) is 0 Å². The molecule has 0 spiro atoms. The highest BCUT2D eigenvalue weighted by Gasteiger charge is 2.29. The Bertz CT molecular complexity index is 705. The third-order valence-corrected chi connectivity index (χ3v) is 7.32. The number of ketones is 1. The summed E-state index contributed by atoms with van der Waals surface area (Å²) in [6.07, 6.45) is 0. The predicted molar refractivity (Wildman–Crippen MR) is 127 cm³/mol. The molecule has 0 saturated carbocycles. The largest absolute Gasteiger partial charge is 0.478 e. The zero-order chi connectivity index (χ0) is 23.2. The molecule has 2 N–H and O–H groups in total. The predicted octanol–water partition coefficient (Wildman–Crippen LogP) is 5.01. The monoisotopic (exact) mass is 456 g/mol. The summed E-state index contributed by atoms with van der Waals surface area (Å²) in [5, 5.41) is 18.6. The van der Waals surface area contributed by atoms with Gasteiger partial charge in [0, 0.05) is 32.5 Å². The van der Waals surface area contributed by atoms with Crippen LogP contribution in [0.3, 0.4) is 0 Å². The number of aliphatic hydroxyl groups excluding tert-OH is 1. The average Bonchev–Trinajstić information content (AvgIpc) is 2.65. The van der Waals surface area contributed by atoms with Crippen LogP contribution in [-0.2, 0) is 4.74 Å². The summed E-state index contributed by atoms with van der Waals surface area (Å²) in [6.45, 7) is 14.8. The molecular weight excluding hydrogens is 420 g/mol. The minimum absolute atomic E-state index is 0.00628. The lowest BCUT2D eigenvalue weighted by Crippen LogP contribution is -2.32. The Morgan fingerprint density at radius 2 is 1.37 bits per heavy atom. The number of aromatic carboxylic acids is 1. The third-order valence-electron chi connectivity index (χ3n) is 4.37. The summed E-state index contributed by atoms with van der Waals surface area (Å²) >= 11 is 3.28. The third kappa shape index (κ3) is 9.86. The molecule has 5 nitrogen and oxygen atoms in total. The van der Waals surface area contributed by atoms with Gasteiger partial charge in [-0.25, -0.2) is 4.79 Å². The molecule has 170 valence electrons. The van der Waals surface area contributed by atoms with E-state index in [1.54, 1.807) is 35.7 Å². The second kappa shape index (κ2) is 11.0. The van der Waals surface area contributed by atoms with E-state index in [1.807, 2.05) is 34.6 Å². The fourth-order valence-corrected chi connectivity index (χ4v) is 4.57. The van der Waals surface area contributed by atoms with Crippen molar-refractivity contribution in [1.29, 1.82) is 0 Å². The standard InChI is InChI=1S/C23H36O5S2/c1-21(2,3)28-15-23(6,7)30-13-18(12-29-22(4,5)14-24)19(25)16-8-10-17(11-9-16)20(26)27/h8-11,18,24H,12-15H2,1-7H3,(H,26,27). The second-order valence-corrected chi connectivity index (χ2v) is 13.1. The number of thioether (sulfide) groups is 2. The van der Waals surface area contributed by atoms with Gasteiger partial charge in [-0.2, -0.15) is 23.5 Å². The van der Waals surface area contributed by atoms with Crippen LogP contribution < -0.4 is 0 Å². The molecule has 0 heterocycles. The van der Waals surface area contributed by atoms with Gasteiger partial charge in [-0.15, -0.1) is 0 Å². The summed E-state index contributed by atoms with van der Waals surface area (Å²) in [6, 6.07) is 6.09. The Labute approximate surface area is 189 Å². The van der Waals surface area contributed by atoms with Crippen LogP contribution in [0, 0.1) is 5.92 Å². The Morgan fingerprint density at radius 3 is 1.80 bits per heavy atom. The topological polar surface area (TPSA) is 83.8 Å². The molecule has 1 aromatic rings. The highest BCUT2D eigenvalue weighted by atomic mass is 32.2. The van der Waals surface area contributed by atoms with E-state index in [0.29, 0.717) is 23.7 Å². The molecule has 1 aromatic carbocycles. The van der Waals surface area contributed by atoms with Gasteiger partial charge in [-0.3, -0.25) is 4.79 Å². The van der Waals surface area contributed by atoms with Crippen LogP contribution in [-0.4, -0.2) is 61.8 Å². The lowest BCUT2D eigenvalue weighted by Gasteiger charge is -2.31. The maximum atomic E-state index is 13.2. The molecule has 0 bridgehead atoms. The van der Waals surface area contributed by atoms with Crippen molar-refractivity contribution in [2.45, 2.75) is 63.6 Å². The second-order valence-electron chi connectivity index (χ2n) is 9.64. The van der Waals surface area contributed by atoms with Gasteiger partial charge < -0.3 is 14.9 Å². The number of Topliss-reactive ketones (excluding diaryl/α,β-unsaturated/α-hetero) is 1. The molecule has 0 amide bonds. The maximum absolute atomic E-state index is 13.2. The summed E-state index contributed by atoms with van der Waals surface area (Å²) < 4.78 is 5.45. The van der Waals surface area contributed by atoms with Crippen LogP contribution in [0.25, 0.3) is 0 Å². The number of hydrogen-bond donors (Lipinski definition) is 2. The van der Waals surface area contributed by atoms with Gasteiger partial charge in [0.15, 0.2) is 5.78 Å². The first kappa shape index (κ1) is 27.0. The highest BCUT2D eigenvalue weighted by Crippen LogP contribution is 2.33. The Hall–Kier alpha value is -1.02. The van der Waals surface area contributed by atoms with Gasteiger partial charge in [-0.05, 0) is 60.6 Å². The molecule has 0 saturated heterocycles. The Morgan fingerprint density at radius 1 is 0.900 bits per heavy atom. The van der Waals surface area contributed by atoms with Crippen molar-refractivity contribution >= 4 is 35.3 Å². The quantitative estimate of drug-likeness (QED) is 0.428. The Balaban J connectivity index is 2.92. The van der Waals surface area contributed by atoms with E-state index in [4.69, 9.17) is 9.84 Å². The summed E-state index contributed by atoms with van der Waals surface area (Å²) in [5.41, 5.74) is 0.449. The van der Waals surface area contributed by atoms with E-state index in [1.165, 1.54) is 12.1 Å². The van der Waals surface area contributed by atoms with Crippen LogP contribution in [0.5, 0.6) is 0 Å². The number of aliphatic hydroxyl groups is 1. The number of hydrogen-bond acceptors (Lipinski definition) is 6. The van der Waals surface area contributed by atoms with Gasteiger partial charge in [-0.1, -0.05) is 12.1 Å². The zero-order valence-electron chi connectivity index (χ0n) is 19.2. The van der Waals surface area contributed by atoms with Crippen molar-refractivity contribution in [1.82, 2.24) is 0 Å². The lowest BCUT2D eigenvalue weighted by molar-refractivity contribution is -0.0110. The van der Waals surface area contributed by atoms with Crippen LogP contribution in [0.2, 0.25) is 0 Å². The van der Waals surface area contributed by atoms with Gasteiger partial charge in [0.25, 0.3) is 0 Å². The first-order valence-corrected chi connectivity index (χ1v) is 12.0. The molecule has 1 unspecified atom stereocenters. The molecule has 0 aliphatic heterocycles. The van der Waals surface area contributed by atoms with Crippen molar-refractivity contribution in [3.63, 3.8) is 0 Å². The lowest BCUT2D eigenvalue weighted by atomic mass is 10.00. The summed E-state index contributed by atoms with van der Waals surface area (Å²) in [7, 11) is 0. The molecule has 0 radical (unpaired) electrons. The van der Waals surface area contributed by atoms with E-state index < -0.39 is 5.97 Å². The summed E-state index contributed by atoms with van der Waals surface area (Å²) in [5.74, 6) is -0.0734. The van der Waals surface area contributed by atoms with E-state index in [2.05, 4.69) is 13.8 Å². The molecule has 1 rings (SSSR count). The average molecular weight is 457 g/mol. The minimum Gasteiger partial charge on any atom is -0.478 e. The first-order chi connectivity index (χ1) is 13.7. The van der Waals surface area contributed by atoms with Crippen LogP contribution >= 0.6 is 23.5 Å². The van der Waals surface area contributed by atoms with Crippen molar-refractivity contribution < 1.29 is 24.5 Å².